The Morgan fingerprint density at radius 1 is 1.00 bits per heavy atom. The monoisotopic (exact) mass is 395 g/mol. The van der Waals surface area contributed by atoms with Gasteiger partial charge in [0.1, 0.15) is 19.8 Å². The first-order chi connectivity index (χ1) is 14.0. The van der Waals surface area contributed by atoms with Crippen molar-refractivity contribution in [3.05, 3.63) is 48.0 Å². The van der Waals surface area contributed by atoms with E-state index in [-0.39, 0.29) is 19.0 Å². The zero-order chi connectivity index (χ0) is 20.4. The van der Waals surface area contributed by atoms with Crippen molar-refractivity contribution in [1.82, 2.24) is 4.90 Å². The number of nitrogens with one attached hydrogen (secondary N) is 1. The van der Waals surface area contributed by atoms with Gasteiger partial charge in [0, 0.05) is 30.5 Å². The minimum Gasteiger partial charge on any atom is -0.486 e. The smallest absolute Gasteiger partial charge is 0.316 e. The van der Waals surface area contributed by atoms with Crippen LogP contribution in [-0.4, -0.2) is 55.5 Å². The maximum absolute atomic E-state index is 12.6. The second kappa shape index (κ2) is 7.83. The molecule has 1 saturated heterocycles. The lowest BCUT2D eigenvalue weighted by Gasteiger charge is -2.33. The summed E-state index contributed by atoms with van der Waals surface area (Å²) in [5.41, 5.74) is 2.18. The number of carbonyl (C=O) groups excluding carboxylic acids is 3. The number of ether oxygens (including phenoxy) is 2. The third-order valence-electron chi connectivity index (χ3n) is 4.90. The van der Waals surface area contributed by atoms with Crippen LogP contribution in [-0.2, 0) is 14.4 Å². The molecule has 8 heteroatoms. The van der Waals surface area contributed by atoms with E-state index in [2.05, 4.69) is 5.32 Å². The van der Waals surface area contributed by atoms with Crippen molar-refractivity contribution < 1.29 is 23.9 Å². The van der Waals surface area contributed by atoms with E-state index in [4.69, 9.17) is 9.47 Å². The molecule has 1 N–H and O–H groups in total. The van der Waals surface area contributed by atoms with Gasteiger partial charge in [-0.15, -0.1) is 0 Å². The van der Waals surface area contributed by atoms with Gasteiger partial charge in [0.25, 0.3) is 0 Å². The summed E-state index contributed by atoms with van der Waals surface area (Å²) in [5.74, 6) is -0.546. The molecule has 0 spiro atoms. The van der Waals surface area contributed by atoms with Gasteiger partial charge >= 0.3 is 11.8 Å². The van der Waals surface area contributed by atoms with E-state index < -0.39 is 11.8 Å². The average molecular weight is 395 g/mol. The standard InChI is InChI=1S/C21H21N3O5/c1-14-4-2-3-5-16(14)22-19(25)13-23-8-9-24(21(27)20(23)26)15-6-7-17-18(12-15)29-11-10-28-17/h2-7,12H,8-11,13H2,1H3,(H,22,25). The van der Waals surface area contributed by atoms with E-state index in [1.165, 1.54) is 9.80 Å². The summed E-state index contributed by atoms with van der Waals surface area (Å²) in [6.45, 7) is 3.19. The van der Waals surface area contributed by atoms with E-state index in [9.17, 15) is 14.4 Å². The molecule has 29 heavy (non-hydrogen) atoms. The van der Waals surface area contributed by atoms with E-state index in [0.717, 1.165) is 5.56 Å². The first-order valence-corrected chi connectivity index (χ1v) is 9.39. The number of aryl methyl sites for hydroxylation is 1. The number of anilines is 2. The lowest BCUT2D eigenvalue weighted by Crippen LogP contribution is -2.56. The summed E-state index contributed by atoms with van der Waals surface area (Å²) >= 11 is 0. The number of nitrogens with zero attached hydrogens (tertiary/aromatic N) is 2. The summed E-state index contributed by atoms with van der Waals surface area (Å²) in [6, 6.07) is 12.5. The zero-order valence-corrected chi connectivity index (χ0v) is 16.0. The Morgan fingerprint density at radius 3 is 2.55 bits per heavy atom. The van der Waals surface area contributed by atoms with Gasteiger partial charge in [0.15, 0.2) is 11.5 Å². The summed E-state index contributed by atoms with van der Waals surface area (Å²) < 4.78 is 11.0. The molecule has 0 aliphatic carbocycles. The molecular formula is C21H21N3O5. The lowest BCUT2D eigenvalue weighted by molar-refractivity contribution is -0.147. The molecule has 2 aliphatic rings. The van der Waals surface area contributed by atoms with Crippen molar-refractivity contribution >= 4 is 29.1 Å². The van der Waals surface area contributed by atoms with Crippen molar-refractivity contribution in [2.45, 2.75) is 6.92 Å². The van der Waals surface area contributed by atoms with Crippen LogP contribution in [0.5, 0.6) is 11.5 Å². The van der Waals surface area contributed by atoms with Gasteiger partial charge < -0.3 is 24.6 Å². The summed E-state index contributed by atoms with van der Waals surface area (Å²) in [6.07, 6.45) is 0. The van der Waals surface area contributed by atoms with Crippen molar-refractivity contribution in [3.8, 4) is 11.5 Å². The maximum Gasteiger partial charge on any atom is 0.316 e. The molecule has 8 nitrogen and oxygen atoms in total. The number of amides is 3. The summed E-state index contributed by atoms with van der Waals surface area (Å²) in [4.78, 5) is 40.2. The molecule has 2 heterocycles. The molecule has 0 bridgehead atoms. The third kappa shape index (κ3) is 3.87. The predicted molar refractivity (Wildman–Crippen MR) is 106 cm³/mol. The fraction of sp³-hybridized carbons (Fsp3) is 0.286. The van der Waals surface area contributed by atoms with E-state index in [1.807, 2.05) is 25.1 Å². The number of rotatable bonds is 4. The highest BCUT2D eigenvalue weighted by molar-refractivity contribution is 6.41. The van der Waals surface area contributed by atoms with Gasteiger partial charge in [0.05, 0.1) is 0 Å². The minimum absolute atomic E-state index is 0.173. The molecule has 2 aromatic rings. The Morgan fingerprint density at radius 2 is 1.76 bits per heavy atom. The SMILES string of the molecule is Cc1ccccc1NC(=O)CN1CCN(c2ccc3c(c2)OCCO3)C(=O)C1=O. The number of benzene rings is 2. The topological polar surface area (TPSA) is 88.2 Å². The van der Waals surface area contributed by atoms with Crippen molar-refractivity contribution in [3.63, 3.8) is 0 Å². The Bertz CT molecular complexity index is 975. The molecule has 2 aliphatic heterocycles. The van der Waals surface area contributed by atoms with E-state index >= 15 is 0 Å². The molecule has 0 atom stereocenters. The number of hydrogen-bond acceptors (Lipinski definition) is 5. The van der Waals surface area contributed by atoms with Crippen molar-refractivity contribution in [2.75, 3.05) is 43.1 Å². The minimum atomic E-state index is -0.703. The number of piperazine rings is 1. The van der Waals surface area contributed by atoms with Crippen LogP contribution in [0.2, 0.25) is 0 Å². The van der Waals surface area contributed by atoms with Crippen LogP contribution in [0.15, 0.2) is 42.5 Å². The van der Waals surface area contributed by atoms with Gasteiger partial charge in [0.2, 0.25) is 5.91 Å². The molecule has 0 aromatic heterocycles. The molecule has 0 unspecified atom stereocenters. The summed E-state index contributed by atoms with van der Waals surface area (Å²) in [7, 11) is 0. The van der Waals surface area contributed by atoms with Gasteiger partial charge in [-0.3, -0.25) is 14.4 Å². The second-order valence-corrected chi connectivity index (χ2v) is 6.87. The molecule has 2 aromatic carbocycles. The number of fused-ring (bicyclic) bond motifs is 1. The Hall–Kier alpha value is -3.55. The van der Waals surface area contributed by atoms with Crippen LogP contribution < -0.4 is 19.7 Å². The van der Waals surface area contributed by atoms with E-state index in [1.54, 1.807) is 24.3 Å². The van der Waals surface area contributed by atoms with Gasteiger partial charge in [-0.25, -0.2) is 0 Å². The van der Waals surface area contributed by atoms with Crippen LogP contribution >= 0.6 is 0 Å². The number of para-hydroxylation sites is 1. The first-order valence-electron chi connectivity index (χ1n) is 9.39. The lowest BCUT2D eigenvalue weighted by atomic mass is 10.2. The molecule has 150 valence electrons. The normalized spacial score (nSPS) is 16.0. The van der Waals surface area contributed by atoms with Crippen LogP contribution in [0.4, 0.5) is 11.4 Å². The Balaban J connectivity index is 1.41. The molecule has 1 fully saturated rings. The van der Waals surface area contributed by atoms with Gasteiger partial charge in [-0.05, 0) is 30.7 Å². The largest absolute Gasteiger partial charge is 0.486 e. The number of hydrogen-bond donors (Lipinski definition) is 1. The predicted octanol–water partition coefficient (Wildman–Crippen LogP) is 1.58. The second-order valence-electron chi connectivity index (χ2n) is 6.87. The van der Waals surface area contributed by atoms with Crippen molar-refractivity contribution in [1.29, 1.82) is 0 Å². The van der Waals surface area contributed by atoms with Crippen LogP contribution in [0.25, 0.3) is 0 Å². The molecular weight excluding hydrogens is 374 g/mol. The Kier molecular flexibility index (Phi) is 5.07. The average Bonchev–Trinajstić information content (AvgIpc) is 2.73. The van der Waals surface area contributed by atoms with Gasteiger partial charge in [-0.1, -0.05) is 18.2 Å². The van der Waals surface area contributed by atoms with Crippen LogP contribution in [0.3, 0.4) is 0 Å². The van der Waals surface area contributed by atoms with Crippen LogP contribution in [0.1, 0.15) is 5.56 Å². The maximum atomic E-state index is 12.6. The molecule has 0 saturated carbocycles. The third-order valence-corrected chi connectivity index (χ3v) is 4.90. The quantitative estimate of drug-likeness (QED) is 0.794. The zero-order valence-electron chi connectivity index (χ0n) is 16.0. The van der Waals surface area contributed by atoms with E-state index in [0.29, 0.717) is 42.6 Å². The van der Waals surface area contributed by atoms with Gasteiger partial charge in [-0.2, -0.15) is 0 Å². The van der Waals surface area contributed by atoms with Crippen molar-refractivity contribution in [2.24, 2.45) is 0 Å². The first kappa shape index (κ1) is 18.8. The fourth-order valence-corrected chi connectivity index (χ4v) is 3.35. The summed E-state index contributed by atoms with van der Waals surface area (Å²) in [5, 5.41) is 2.78. The molecule has 0 radical (unpaired) electrons. The highest BCUT2D eigenvalue weighted by Crippen LogP contribution is 2.34. The highest BCUT2D eigenvalue weighted by atomic mass is 16.6. The number of carbonyl (C=O) groups is 3. The molecule has 3 amide bonds. The highest BCUT2D eigenvalue weighted by Gasteiger charge is 2.34. The van der Waals surface area contributed by atoms with Crippen LogP contribution in [0, 0.1) is 6.92 Å². The fourth-order valence-electron chi connectivity index (χ4n) is 3.35. The molecule has 4 rings (SSSR count). The Labute approximate surface area is 168 Å².